The van der Waals surface area contributed by atoms with Crippen molar-refractivity contribution in [2.75, 3.05) is 19.6 Å². The lowest BCUT2D eigenvalue weighted by atomic mass is 10.1. The van der Waals surface area contributed by atoms with Crippen LogP contribution >= 0.6 is 0 Å². The summed E-state index contributed by atoms with van der Waals surface area (Å²) in [7, 11) is 0. The molecule has 3 nitrogen and oxygen atoms in total. The summed E-state index contributed by atoms with van der Waals surface area (Å²) in [6, 6.07) is 7.15. The van der Waals surface area contributed by atoms with Gasteiger partial charge >= 0.3 is 0 Å². The molecule has 1 aliphatic heterocycles. The zero-order valence-electron chi connectivity index (χ0n) is 9.48. The highest BCUT2D eigenvalue weighted by atomic mass is 15.2. The minimum absolute atomic E-state index is 0.427. The van der Waals surface area contributed by atoms with Gasteiger partial charge in [-0.25, -0.2) is 0 Å². The van der Waals surface area contributed by atoms with Gasteiger partial charge in [0.25, 0.3) is 0 Å². The normalized spacial score (nSPS) is 25.1. The molecule has 15 heavy (non-hydrogen) atoms. The van der Waals surface area contributed by atoms with Crippen LogP contribution in [0.25, 0.3) is 0 Å². The highest BCUT2D eigenvalue weighted by Crippen LogP contribution is 2.18. The number of piperazine rings is 1. The lowest BCUT2D eigenvalue weighted by Gasteiger charge is -2.35. The van der Waals surface area contributed by atoms with Gasteiger partial charge in [-0.1, -0.05) is 6.07 Å². The molecule has 0 bridgehead atoms. The van der Waals surface area contributed by atoms with E-state index in [4.69, 9.17) is 0 Å². The molecule has 2 heterocycles. The topological polar surface area (TPSA) is 28.2 Å². The molecule has 2 unspecified atom stereocenters. The molecular weight excluding hydrogens is 186 g/mol. The lowest BCUT2D eigenvalue weighted by Crippen LogP contribution is -2.49. The summed E-state index contributed by atoms with van der Waals surface area (Å²) in [6.07, 6.45) is 1.87. The van der Waals surface area contributed by atoms with E-state index in [0.717, 1.165) is 19.6 Å². The first-order valence-electron chi connectivity index (χ1n) is 5.65. The van der Waals surface area contributed by atoms with Crippen molar-refractivity contribution in [3.8, 4) is 0 Å². The average Bonchev–Trinajstić information content (AvgIpc) is 2.29. The van der Waals surface area contributed by atoms with Crippen LogP contribution in [0, 0.1) is 0 Å². The molecule has 1 N–H and O–H groups in total. The number of hydrogen-bond donors (Lipinski definition) is 1. The van der Waals surface area contributed by atoms with E-state index >= 15 is 0 Å². The molecule has 2 atom stereocenters. The van der Waals surface area contributed by atoms with Crippen molar-refractivity contribution < 1.29 is 0 Å². The van der Waals surface area contributed by atoms with Crippen molar-refractivity contribution in [1.82, 2.24) is 15.2 Å². The van der Waals surface area contributed by atoms with Gasteiger partial charge < -0.3 is 5.32 Å². The summed E-state index contributed by atoms with van der Waals surface area (Å²) < 4.78 is 0. The summed E-state index contributed by atoms with van der Waals surface area (Å²) >= 11 is 0. The first-order chi connectivity index (χ1) is 7.27. The van der Waals surface area contributed by atoms with E-state index in [1.807, 2.05) is 12.3 Å². The van der Waals surface area contributed by atoms with E-state index < -0.39 is 0 Å². The monoisotopic (exact) mass is 205 g/mol. The zero-order chi connectivity index (χ0) is 10.7. The van der Waals surface area contributed by atoms with Crippen LogP contribution < -0.4 is 5.32 Å². The van der Waals surface area contributed by atoms with Gasteiger partial charge in [-0.2, -0.15) is 0 Å². The van der Waals surface area contributed by atoms with Crippen LogP contribution in [-0.2, 0) is 0 Å². The largest absolute Gasteiger partial charge is 0.312 e. The van der Waals surface area contributed by atoms with E-state index in [1.54, 1.807) is 0 Å². The van der Waals surface area contributed by atoms with Crippen LogP contribution in [0.3, 0.4) is 0 Å². The van der Waals surface area contributed by atoms with Crippen molar-refractivity contribution in [3.63, 3.8) is 0 Å². The number of aromatic nitrogens is 1. The van der Waals surface area contributed by atoms with Crippen LogP contribution in [0.2, 0.25) is 0 Å². The number of pyridine rings is 1. The van der Waals surface area contributed by atoms with E-state index in [1.165, 1.54) is 5.69 Å². The second-order valence-corrected chi connectivity index (χ2v) is 4.28. The minimum atomic E-state index is 0.427. The predicted octanol–water partition coefficient (Wildman–Crippen LogP) is 1.44. The SMILES string of the molecule is CC1CN(C(C)c2ccccn2)CCN1. The molecule has 1 fully saturated rings. The molecule has 1 aliphatic rings. The third-order valence-corrected chi connectivity index (χ3v) is 3.06. The van der Waals surface area contributed by atoms with E-state index in [2.05, 4.69) is 41.2 Å². The van der Waals surface area contributed by atoms with Gasteiger partial charge in [-0.15, -0.1) is 0 Å². The second kappa shape index (κ2) is 4.73. The van der Waals surface area contributed by atoms with Gasteiger partial charge in [0, 0.05) is 37.9 Å². The molecule has 2 rings (SSSR count). The van der Waals surface area contributed by atoms with E-state index in [-0.39, 0.29) is 0 Å². The molecule has 1 saturated heterocycles. The maximum absolute atomic E-state index is 4.42. The molecule has 1 aromatic rings. The van der Waals surface area contributed by atoms with Gasteiger partial charge in [-0.05, 0) is 26.0 Å². The maximum Gasteiger partial charge on any atom is 0.0572 e. The Morgan fingerprint density at radius 1 is 1.53 bits per heavy atom. The summed E-state index contributed by atoms with van der Waals surface area (Å²) in [4.78, 5) is 6.91. The molecule has 0 saturated carbocycles. The summed E-state index contributed by atoms with van der Waals surface area (Å²) in [6.45, 7) is 7.77. The van der Waals surface area contributed by atoms with Gasteiger partial charge in [0.15, 0.2) is 0 Å². The lowest BCUT2D eigenvalue weighted by molar-refractivity contribution is 0.156. The van der Waals surface area contributed by atoms with Crippen molar-refractivity contribution in [2.45, 2.75) is 25.9 Å². The smallest absolute Gasteiger partial charge is 0.0572 e. The Hall–Kier alpha value is -0.930. The highest BCUT2D eigenvalue weighted by Gasteiger charge is 2.21. The van der Waals surface area contributed by atoms with Crippen molar-refractivity contribution in [3.05, 3.63) is 30.1 Å². The number of hydrogen-bond acceptors (Lipinski definition) is 3. The number of nitrogens with one attached hydrogen (secondary N) is 1. The Kier molecular flexibility index (Phi) is 3.34. The maximum atomic E-state index is 4.42. The Balaban J connectivity index is 2.04. The van der Waals surface area contributed by atoms with Crippen LogP contribution in [0.5, 0.6) is 0 Å². The molecule has 0 spiro atoms. The first kappa shape index (κ1) is 10.6. The van der Waals surface area contributed by atoms with Crippen molar-refractivity contribution in [2.24, 2.45) is 0 Å². The minimum Gasteiger partial charge on any atom is -0.312 e. The van der Waals surface area contributed by atoms with Crippen LogP contribution in [0.15, 0.2) is 24.4 Å². The van der Waals surface area contributed by atoms with Gasteiger partial charge in [-0.3, -0.25) is 9.88 Å². The van der Waals surface area contributed by atoms with Crippen LogP contribution in [0.1, 0.15) is 25.6 Å². The standard InChI is InChI=1S/C12H19N3/c1-10-9-15(8-7-13-10)11(2)12-5-3-4-6-14-12/h3-6,10-11,13H,7-9H2,1-2H3. The van der Waals surface area contributed by atoms with Crippen molar-refractivity contribution >= 4 is 0 Å². The van der Waals surface area contributed by atoms with Crippen LogP contribution in [-0.4, -0.2) is 35.6 Å². The fourth-order valence-corrected chi connectivity index (χ4v) is 2.12. The zero-order valence-corrected chi connectivity index (χ0v) is 9.48. The molecule has 0 radical (unpaired) electrons. The fraction of sp³-hybridized carbons (Fsp3) is 0.583. The van der Waals surface area contributed by atoms with Gasteiger partial charge in [0.2, 0.25) is 0 Å². The van der Waals surface area contributed by atoms with Crippen LogP contribution in [0.4, 0.5) is 0 Å². The predicted molar refractivity (Wildman–Crippen MR) is 61.7 cm³/mol. The molecule has 3 heteroatoms. The van der Waals surface area contributed by atoms with Gasteiger partial charge in [0.1, 0.15) is 0 Å². The molecule has 1 aromatic heterocycles. The molecule has 0 aliphatic carbocycles. The Morgan fingerprint density at radius 3 is 3.07 bits per heavy atom. The molecule has 0 aromatic carbocycles. The summed E-state index contributed by atoms with van der Waals surface area (Å²) in [5.74, 6) is 0. The average molecular weight is 205 g/mol. The summed E-state index contributed by atoms with van der Waals surface area (Å²) in [5.41, 5.74) is 1.17. The Morgan fingerprint density at radius 2 is 2.40 bits per heavy atom. The molecule has 82 valence electrons. The van der Waals surface area contributed by atoms with Gasteiger partial charge in [0.05, 0.1) is 5.69 Å². The second-order valence-electron chi connectivity index (χ2n) is 4.28. The van der Waals surface area contributed by atoms with Crippen molar-refractivity contribution in [1.29, 1.82) is 0 Å². The third-order valence-electron chi connectivity index (χ3n) is 3.06. The first-order valence-corrected chi connectivity index (χ1v) is 5.65. The quantitative estimate of drug-likeness (QED) is 0.792. The highest BCUT2D eigenvalue weighted by molar-refractivity contribution is 5.08. The molecule has 0 amide bonds. The fourth-order valence-electron chi connectivity index (χ4n) is 2.12. The Labute approximate surface area is 91.5 Å². The Bertz CT molecular complexity index is 299. The van der Waals surface area contributed by atoms with E-state index in [0.29, 0.717) is 12.1 Å². The van der Waals surface area contributed by atoms with E-state index in [9.17, 15) is 0 Å². The summed E-state index contributed by atoms with van der Waals surface area (Å²) in [5, 5.41) is 3.46. The third kappa shape index (κ3) is 2.55. The number of rotatable bonds is 2. The molecular formula is C12H19N3. The number of nitrogens with zero attached hydrogens (tertiary/aromatic N) is 2.